The summed E-state index contributed by atoms with van der Waals surface area (Å²) in [7, 11) is 0.514. The van der Waals surface area contributed by atoms with E-state index in [1.165, 1.54) is 12.8 Å². The van der Waals surface area contributed by atoms with Crippen LogP contribution in [0.4, 0.5) is 0 Å². The minimum atomic E-state index is -0.0468. The zero-order valence-electron chi connectivity index (χ0n) is 12.1. The lowest BCUT2D eigenvalue weighted by Crippen LogP contribution is -2.17. The summed E-state index contributed by atoms with van der Waals surface area (Å²) in [6.07, 6.45) is 7.00. The van der Waals surface area contributed by atoms with E-state index in [1.807, 2.05) is 13.8 Å². The molecule has 0 fully saturated rings. The van der Waals surface area contributed by atoms with Gasteiger partial charge in [-0.05, 0) is 33.1 Å². The maximum absolute atomic E-state index is 10.9. The molecule has 0 aliphatic heterocycles. The molecule has 0 saturated heterocycles. The lowest BCUT2D eigenvalue weighted by molar-refractivity contribution is -0.140. The van der Waals surface area contributed by atoms with Crippen molar-refractivity contribution in [3.05, 3.63) is 0 Å². The van der Waals surface area contributed by atoms with Crippen molar-refractivity contribution in [2.75, 3.05) is 13.2 Å². The number of rotatable bonds is 12. The fraction of sp³-hybridized carbons (Fsp3) is 0.923. The van der Waals surface area contributed by atoms with Crippen LogP contribution in [0.5, 0.6) is 0 Å². The third-order valence-corrected chi connectivity index (χ3v) is 3.21. The lowest BCUT2D eigenvalue weighted by atomic mass is 10.1. The predicted octanol–water partition coefficient (Wildman–Crippen LogP) is 1.94. The van der Waals surface area contributed by atoms with Crippen LogP contribution in [0.1, 0.15) is 58.8 Å². The van der Waals surface area contributed by atoms with Crippen LogP contribution in [0.25, 0.3) is 0 Å². The van der Waals surface area contributed by atoms with E-state index in [-0.39, 0.29) is 12.3 Å². The Balaban J connectivity index is 3.34. The molecule has 0 aliphatic carbocycles. The lowest BCUT2D eigenvalue weighted by Gasteiger charge is -2.16. The molecule has 0 rings (SSSR count). The molecule has 0 spiro atoms. The van der Waals surface area contributed by atoms with Crippen molar-refractivity contribution in [2.45, 2.75) is 65.1 Å². The fourth-order valence-electron chi connectivity index (χ4n) is 1.80. The zero-order valence-corrected chi connectivity index (χ0v) is 14.1. The van der Waals surface area contributed by atoms with Gasteiger partial charge < -0.3 is 13.9 Å². The third kappa shape index (κ3) is 10.7. The molecule has 0 radical (unpaired) electrons. The Morgan fingerprint density at radius 2 is 1.56 bits per heavy atom. The van der Waals surface area contributed by atoms with Gasteiger partial charge in [-0.1, -0.05) is 19.3 Å². The van der Waals surface area contributed by atoms with E-state index in [9.17, 15) is 4.79 Å². The van der Waals surface area contributed by atoms with E-state index >= 15 is 0 Å². The molecule has 0 bridgehead atoms. The van der Waals surface area contributed by atoms with Crippen molar-refractivity contribution in [2.24, 2.45) is 0 Å². The van der Waals surface area contributed by atoms with Gasteiger partial charge in [0.25, 0.3) is 5.97 Å². The quantitative estimate of drug-likeness (QED) is 0.310. The average Bonchev–Trinajstić information content (AvgIpc) is 2.37. The first kappa shape index (κ1) is 17.6. The molecule has 0 N–H and O–H groups in total. The second-order valence-electron chi connectivity index (χ2n) is 4.22. The van der Waals surface area contributed by atoms with Crippen molar-refractivity contribution >= 4 is 16.5 Å². The number of hydrogen-bond donors (Lipinski definition) is 0. The molecule has 0 atom stereocenters. The number of unbranched alkanes of at least 4 members (excludes halogenated alkanes) is 4. The number of carbonyl (C=O) groups is 1. The van der Waals surface area contributed by atoms with Gasteiger partial charge in [0.1, 0.15) is 0 Å². The van der Waals surface area contributed by atoms with Crippen LogP contribution in [0.3, 0.4) is 0 Å². The molecule has 0 aromatic rings. The number of hydrogen-bond acceptors (Lipinski definition) is 4. The van der Waals surface area contributed by atoms with Gasteiger partial charge in [-0.3, -0.25) is 4.79 Å². The van der Waals surface area contributed by atoms with E-state index in [1.54, 1.807) is 0 Å². The summed E-state index contributed by atoms with van der Waals surface area (Å²) in [4.78, 5) is 10.9. The van der Waals surface area contributed by atoms with Crippen molar-refractivity contribution in [1.82, 2.24) is 0 Å². The van der Waals surface area contributed by atoms with Crippen LogP contribution < -0.4 is 0 Å². The van der Waals surface area contributed by atoms with E-state index in [0.29, 0.717) is 30.1 Å². The van der Waals surface area contributed by atoms with Crippen LogP contribution in [-0.2, 0) is 18.7 Å². The summed E-state index contributed by atoms with van der Waals surface area (Å²) in [6, 6.07) is 0. The third-order valence-electron chi connectivity index (χ3n) is 2.75. The molecule has 4 nitrogen and oxygen atoms in total. The van der Waals surface area contributed by atoms with Gasteiger partial charge in [0.15, 0.2) is 6.29 Å². The molecular formula is C13H28O4Si. The van der Waals surface area contributed by atoms with Crippen molar-refractivity contribution < 1.29 is 18.7 Å². The topological polar surface area (TPSA) is 44.8 Å². The highest BCUT2D eigenvalue weighted by atomic mass is 28.2. The summed E-state index contributed by atoms with van der Waals surface area (Å²) < 4.78 is 15.7. The van der Waals surface area contributed by atoms with Crippen molar-refractivity contribution in [1.29, 1.82) is 0 Å². The Bertz CT molecular complexity index is 193. The molecule has 0 amide bonds. The number of ether oxygens (including phenoxy) is 2. The Labute approximate surface area is 114 Å². The number of carbonyl (C=O) groups excluding carboxylic acids is 1. The molecule has 18 heavy (non-hydrogen) atoms. The molecule has 0 unspecified atom stereocenters. The molecule has 108 valence electrons. The van der Waals surface area contributed by atoms with Gasteiger partial charge in [0.05, 0.1) is 0 Å². The fourth-order valence-corrected chi connectivity index (χ4v) is 2.00. The summed E-state index contributed by atoms with van der Waals surface area (Å²) in [5, 5.41) is 0. The van der Waals surface area contributed by atoms with Crippen molar-refractivity contribution in [3.8, 4) is 0 Å². The highest BCUT2D eigenvalue weighted by Crippen LogP contribution is 2.11. The monoisotopic (exact) mass is 276 g/mol. The smallest absolute Gasteiger partial charge is 0.291 e. The van der Waals surface area contributed by atoms with Crippen molar-refractivity contribution in [3.63, 3.8) is 0 Å². The van der Waals surface area contributed by atoms with E-state index < -0.39 is 0 Å². The molecular weight excluding hydrogens is 248 g/mol. The first-order valence-corrected chi connectivity index (χ1v) is 7.86. The van der Waals surface area contributed by atoms with Crippen LogP contribution in [0, 0.1) is 0 Å². The first-order chi connectivity index (χ1) is 8.74. The highest BCUT2D eigenvalue weighted by molar-refractivity contribution is 6.05. The second-order valence-corrected chi connectivity index (χ2v) is 4.63. The van der Waals surface area contributed by atoms with Gasteiger partial charge in [-0.25, -0.2) is 0 Å². The van der Waals surface area contributed by atoms with E-state index in [2.05, 4.69) is 0 Å². The second kappa shape index (κ2) is 13.0. The molecule has 0 saturated carbocycles. The Morgan fingerprint density at radius 1 is 1.00 bits per heavy atom. The minimum Gasteiger partial charge on any atom is -0.529 e. The first-order valence-electron chi connectivity index (χ1n) is 7.04. The van der Waals surface area contributed by atoms with E-state index in [4.69, 9.17) is 13.9 Å². The molecule has 0 aromatic heterocycles. The Kier molecular flexibility index (Phi) is 12.8. The summed E-state index contributed by atoms with van der Waals surface area (Å²) in [6.45, 7) is 5.38. The minimum absolute atomic E-state index is 0.0416. The maximum Gasteiger partial charge on any atom is 0.291 e. The van der Waals surface area contributed by atoms with Gasteiger partial charge >= 0.3 is 0 Å². The Morgan fingerprint density at radius 3 is 2.11 bits per heavy atom. The van der Waals surface area contributed by atoms with Crippen LogP contribution in [0.2, 0.25) is 0 Å². The molecule has 0 aliphatic rings. The average molecular weight is 276 g/mol. The maximum atomic E-state index is 10.9. The summed E-state index contributed by atoms with van der Waals surface area (Å²) >= 11 is 0. The molecule has 0 heterocycles. The molecule has 0 aromatic carbocycles. The zero-order chi connectivity index (χ0) is 13.6. The van der Waals surface area contributed by atoms with Gasteiger partial charge in [0.2, 0.25) is 10.5 Å². The summed E-state index contributed by atoms with van der Waals surface area (Å²) in [5.74, 6) is -0.0468. The van der Waals surface area contributed by atoms with Crippen LogP contribution >= 0.6 is 0 Å². The predicted molar refractivity (Wildman–Crippen MR) is 75.4 cm³/mol. The van der Waals surface area contributed by atoms with Crippen LogP contribution in [-0.4, -0.2) is 36.0 Å². The SMILES string of the molecule is CCOC(CCCCCCCC(=O)O[SiH3])OCC. The normalized spacial score (nSPS) is 11.1. The Hall–Kier alpha value is -0.393. The van der Waals surface area contributed by atoms with Gasteiger partial charge in [-0.15, -0.1) is 0 Å². The van der Waals surface area contributed by atoms with Gasteiger partial charge in [0, 0.05) is 19.6 Å². The van der Waals surface area contributed by atoms with E-state index in [0.717, 1.165) is 25.7 Å². The standard InChI is InChI=1S/C13H28O4Si/c1-3-15-13(16-4-2)11-9-7-5-6-8-10-12(14)17-18/h13H,3-11H2,1-2,18H3. The highest BCUT2D eigenvalue weighted by Gasteiger charge is 2.06. The summed E-state index contributed by atoms with van der Waals surface area (Å²) in [5.41, 5.74) is 0. The molecule has 5 heteroatoms. The van der Waals surface area contributed by atoms with Crippen LogP contribution in [0.15, 0.2) is 0 Å². The largest absolute Gasteiger partial charge is 0.529 e. The van der Waals surface area contributed by atoms with Gasteiger partial charge in [-0.2, -0.15) is 0 Å².